The fourth-order valence-electron chi connectivity index (χ4n) is 2.30. The molecule has 0 spiro atoms. The van der Waals surface area contributed by atoms with E-state index in [1.165, 1.54) is 0 Å². The van der Waals surface area contributed by atoms with Gasteiger partial charge in [-0.25, -0.2) is 4.79 Å². The maximum atomic E-state index is 10.9. The highest BCUT2D eigenvalue weighted by atomic mass is 16.4. The first kappa shape index (κ1) is 10.5. The summed E-state index contributed by atoms with van der Waals surface area (Å²) in [5.41, 5.74) is -1.54. The lowest BCUT2D eigenvalue weighted by molar-refractivity contribution is -0.182. The molecule has 76 valence electrons. The summed E-state index contributed by atoms with van der Waals surface area (Å²) in [5.74, 6) is -1.17. The maximum absolute atomic E-state index is 10.9. The molecule has 0 saturated heterocycles. The van der Waals surface area contributed by atoms with Crippen LogP contribution < -0.4 is 0 Å². The fraction of sp³-hybridized carbons (Fsp3) is 0.900. The Morgan fingerprint density at radius 3 is 2.23 bits per heavy atom. The highest BCUT2D eigenvalue weighted by Crippen LogP contribution is 2.52. The van der Waals surface area contributed by atoms with Gasteiger partial charge in [0.15, 0.2) is 5.60 Å². The van der Waals surface area contributed by atoms with Crippen LogP contribution in [0.25, 0.3) is 0 Å². The van der Waals surface area contributed by atoms with Crippen LogP contribution in [0.15, 0.2) is 0 Å². The van der Waals surface area contributed by atoms with Gasteiger partial charge in [-0.05, 0) is 24.7 Å². The van der Waals surface area contributed by atoms with E-state index in [0.29, 0.717) is 0 Å². The lowest BCUT2D eigenvalue weighted by Gasteiger charge is -2.50. The molecule has 2 unspecified atom stereocenters. The van der Waals surface area contributed by atoms with Gasteiger partial charge in [-0.3, -0.25) is 0 Å². The average Bonchev–Trinajstić information content (AvgIpc) is 2.02. The van der Waals surface area contributed by atoms with E-state index in [1.807, 2.05) is 13.8 Å². The summed E-state index contributed by atoms with van der Waals surface area (Å²) in [6.45, 7) is 5.76. The van der Waals surface area contributed by atoms with Crippen LogP contribution >= 0.6 is 0 Å². The lowest BCUT2D eigenvalue weighted by Crippen LogP contribution is -2.55. The van der Waals surface area contributed by atoms with Crippen molar-refractivity contribution in [2.45, 2.75) is 45.6 Å². The van der Waals surface area contributed by atoms with Crippen molar-refractivity contribution >= 4 is 5.97 Å². The number of carboxylic acids is 1. The standard InChI is InChI=1S/C10H18O3/c1-4-10(13,8(11)12)7-5-6-9(7,2)3/h7,13H,4-6H2,1-3H3,(H,11,12). The zero-order valence-electron chi connectivity index (χ0n) is 8.50. The molecule has 13 heavy (non-hydrogen) atoms. The van der Waals surface area contributed by atoms with Gasteiger partial charge in [0.2, 0.25) is 0 Å². The maximum Gasteiger partial charge on any atom is 0.335 e. The Labute approximate surface area is 78.8 Å². The number of aliphatic hydroxyl groups is 1. The van der Waals surface area contributed by atoms with Gasteiger partial charge < -0.3 is 10.2 Å². The highest BCUT2D eigenvalue weighted by Gasteiger charge is 2.54. The van der Waals surface area contributed by atoms with E-state index in [9.17, 15) is 9.90 Å². The third kappa shape index (κ3) is 1.46. The van der Waals surface area contributed by atoms with Crippen molar-refractivity contribution < 1.29 is 15.0 Å². The zero-order chi connectivity index (χ0) is 10.3. The largest absolute Gasteiger partial charge is 0.479 e. The van der Waals surface area contributed by atoms with E-state index in [2.05, 4.69) is 0 Å². The summed E-state index contributed by atoms with van der Waals surface area (Å²) in [5, 5.41) is 18.9. The van der Waals surface area contributed by atoms with Gasteiger partial charge in [0, 0.05) is 5.92 Å². The number of rotatable bonds is 3. The molecule has 0 heterocycles. The topological polar surface area (TPSA) is 57.5 Å². The Bertz CT molecular complexity index is 222. The predicted octanol–water partition coefficient (Wildman–Crippen LogP) is 1.65. The van der Waals surface area contributed by atoms with Gasteiger partial charge in [-0.15, -0.1) is 0 Å². The summed E-state index contributed by atoms with van der Waals surface area (Å²) in [6, 6.07) is 0. The van der Waals surface area contributed by atoms with Crippen molar-refractivity contribution in [2.24, 2.45) is 11.3 Å². The Morgan fingerprint density at radius 1 is 1.62 bits per heavy atom. The third-order valence-corrected chi connectivity index (χ3v) is 3.51. The average molecular weight is 186 g/mol. The van der Waals surface area contributed by atoms with Crippen LogP contribution in [-0.2, 0) is 4.79 Å². The van der Waals surface area contributed by atoms with Crippen molar-refractivity contribution in [3.05, 3.63) is 0 Å². The molecular formula is C10H18O3. The smallest absolute Gasteiger partial charge is 0.335 e. The fourth-order valence-corrected chi connectivity index (χ4v) is 2.30. The van der Waals surface area contributed by atoms with Crippen LogP contribution in [0.3, 0.4) is 0 Å². The van der Waals surface area contributed by atoms with Crippen molar-refractivity contribution in [3.8, 4) is 0 Å². The third-order valence-electron chi connectivity index (χ3n) is 3.51. The van der Waals surface area contributed by atoms with Crippen LogP contribution in [0.2, 0.25) is 0 Å². The first-order valence-electron chi connectivity index (χ1n) is 4.80. The number of aliphatic carboxylic acids is 1. The van der Waals surface area contributed by atoms with E-state index in [4.69, 9.17) is 5.11 Å². The number of carboxylic acid groups (broad SMARTS) is 1. The first-order valence-corrected chi connectivity index (χ1v) is 4.80. The van der Waals surface area contributed by atoms with Crippen molar-refractivity contribution in [1.82, 2.24) is 0 Å². The van der Waals surface area contributed by atoms with E-state index < -0.39 is 11.6 Å². The molecule has 0 amide bonds. The molecule has 2 N–H and O–H groups in total. The Morgan fingerprint density at radius 2 is 2.15 bits per heavy atom. The monoisotopic (exact) mass is 186 g/mol. The molecule has 0 aliphatic heterocycles. The second-order valence-corrected chi connectivity index (χ2v) is 4.66. The first-order chi connectivity index (χ1) is 5.84. The second kappa shape index (κ2) is 2.98. The van der Waals surface area contributed by atoms with Gasteiger partial charge in [0.1, 0.15) is 0 Å². The van der Waals surface area contributed by atoms with Crippen LogP contribution in [-0.4, -0.2) is 21.8 Å². The molecule has 0 aromatic carbocycles. The predicted molar refractivity (Wildman–Crippen MR) is 49.4 cm³/mol. The summed E-state index contributed by atoms with van der Waals surface area (Å²) < 4.78 is 0. The molecule has 0 aromatic rings. The van der Waals surface area contributed by atoms with E-state index in [0.717, 1.165) is 12.8 Å². The molecule has 0 radical (unpaired) electrons. The van der Waals surface area contributed by atoms with Gasteiger partial charge >= 0.3 is 5.97 Å². The SMILES string of the molecule is CCC(O)(C(=O)O)C1CCC1(C)C. The molecule has 0 aromatic heterocycles. The van der Waals surface area contributed by atoms with Crippen LogP contribution in [0, 0.1) is 11.3 Å². The van der Waals surface area contributed by atoms with E-state index >= 15 is 0 Å². The second-order valence-electron chi connectivity index (χ2n) is 4.66. The minimum Gasteiger partial charge on any atom is -0.479 e. The molecule has 3 heteroatoms. The van der Waals surface area contributed by atoms with Crippen LogP contribution in [0.5, 0.6) is 0 Å². The molecule has 1 saturated carbocycles. The molecule has 1 aliphatic rings. The highest BCUT2D eigenvalue weighted by molar-refractivity contribution is 5.77. The molecule has 1 aliphatic carbocycles. The molecular weight excluding hydrogens is 168 g/mol. The molecule has 3 nitrogen and oxygen atoms in total. The lowest BCUT2D eigenvalue weighted by atomic mass is 9.55. The Hall–Kier alpha value is -0.570. The van der Waals surface area contributed by atoms with Crippen LogP contribution in [0.1, 0.15) is 40.0 Å². The number of hydrogen-bond donors (Lipinski definition) is 2. The molecule has 0 bridgehead atoms. The van der Waals surface area contributed by atoms with Gasteiger partial charge in [0.05, 0.1) is 0 Å². The van der Waals surface area contributed by atoms with E-state index in [-0.39, 0.29) is 17.8 Å². The van der Waals surface area contributed by atoms with E-state index in [1.54, 1.807) is 6.92 Å². The zero-order valence-corrected chi connectivity index (χ0v) is 8.50. The van der Waals surface area contributed by atoms with Crippen LogP contribution in [0.4, 0.5) is 0 Å². The molecule has 1 fully saturated rings. The van der Waals surface area contributed by atoms with Gasteiger partial charge in [-0.1, -0.05) is 20.8 Å². The Kier molecular flexibility index (Phi) is 2.41. The van der Waals surface area contributed by atoms with Crippen molar-refractivity contribution in [2.75, 3.05) is 0 Å². The minimum atomic E-state index is -1.51. The normalized spacial score (nSPS) is 30.3. The van der Waals surface area contributed by atoms with Crippen molar-refractivity contribution in [1.29, 1.82) is 0 Å². The molecule has 2 atom stereocenters. The summed E-state index contributed by atoms with van der Waals surface area (Å²) in [7, 11) is 0. The van der Waals surface area contributed by atoms with Gasteiger partial charge in [-0.2, -0.15) is 0 Å². The Balaban J connectivity index is 2.84. The summed E-state index contributed by atoms with van der Waals surface area (Å²) in [6.07, 6.45) is 2.12. The summed E-state index contributed by atoms with van der Waals surface area (Å²) >= 11 is 0. The number of hydrogen-bond acceptors (Lipinski definition) is 2. The summed E-state index contributed by atoms with van der Waals surface area (Å²) in [4.78, 5) is 10.9. The van der Waals surface area contributed by atoms with Crippen molar-refractivity contribution in [3.63, 3.8) is 0 Å². The quantitative estimate of drug-likeness (QED) is 0.704. The number of carbonyl (C=O) groups is 1. The molecule has 1 rings (SSSR count). The minimum absolute atomic E-state index is 0.0247. The van der Waals surface area contributed by atoms with Gasteiger partial charge in [0.25, 0.3) is 0 Å².